The normalized spacial score (nSPS) is 9.00. The van der Waals surface area contributed by atoms with Crippen LogP contribution in [0.4, 0.5) is 0 Å². The first-order valence-electron chi connectivity index (χ1n) is 3.57. The maximum absolute atomic E-state index is 5.14. The van der Waals surface area contributed by atoms with Gasteiger partial charge in [0.2, 0.25) is 0 Å². The van der Waals surface area contributed by atoms with Crippen molar-refractivity contribution < 1.29 is 4.74 Å². The van der Waals surface area contributed by atoms with E-state index in [2.05, 4.69) is 5.92 Å². The SMILES string of the molecule is C#CCSc1cccc(OC)c1. The van der Waals surface area contributed by atoms with Crippen molar-refractivity contribution in [3.63, 3.8) is 0 Å². The first-order valence-corrected chi connectivity index (χ1v) is 4.55. The van der Waals surface area contributed by atoms with Crippen molar-refractivity contribution in [1.82, 2.24) is 0 Å². The zero-order valence-corrected chi connectivity index (χ0v) is 7.73. The number of rotatable bonds is 3. The van der Waals surface area contributed by atoms with E-state index in [0.29, 0.717) is 5.75 Å². The molecule has 0 bridgehead atoms. The number of benzene rings is 1. The molecule has 0 aliphatic heterocycles. The summed E-state index contributed by atoms with van der Waals surface area (Å²) in [6.45, 7) is 0. The van der Waals surface area contributed by atoms with E-state index in [-0.39, 0.29) is 0 Å². The van der Waals surface area contributed by atoms with E-state index in [0.717, 1.165) is 10.6 Å². The lowest BCUT2D eigenvalue weighted by atomic mass is 10.3. The average molecular weight is 178 g/mol. The number of ether oxygens (including phenoxy) is 1. The predicted molar refractivity (Wildman–Crippen MR) is 52.6 cm³/mol. The van der Waals surface area contributed by atoms with E-state index < -0.39 is 0 Å². The highest BCUT2D eigenvalue weighted by Crippen LogP contribution is 2.21. The Hall–Kier alpha value is -1.07. The summed E-state index contributed by atoms with van der Waals surface area (Å²) in [7, 11) is 1.66. The minimum absolute atomic E-state index is 0.702. The van der Waals surface area contributed by atoms with Crippen LogP contribution in [0.1, 0.15) is 0 Å². The maximum Gasteiger partial charge on any atom is 0.119 e. The largest absolute Gasteiger partial charge is 0.497 e. The summed E-state index contributed by atoms with van der Waals surface area (Å²) < 4.78 is 5.07. The van der Waals surface area contributed by atoms with Crippen molar-refractivity contribution >= 4 is 11.8 Å². The van der Waals surface area contributed by atoms with Crippen molar-refractivity contribution in [2.45, 2.75) is 4.90 Å². The van der Waals surface area contributed by atoms with Gasteiger partial charge in [-0.25, -0.2) is 0 Å². The van der Waals surface area contributed by atoms with Crippen LogP contribution in [0.15, 0.2) is 29.2 Å². The monoisotopic (exact) mass is 178 g/mol. The molecule has 0 saturated heterocycles. The molecule has 0 aliphatic rings. The molecule has 0 heterocycles. The van der Waals surface area contributed by atoms with E-state index in [1.165, 1.54) is 0 Å². The van der Waals surface area contributed by atoms with Crippen molar-refractivity contribution in [3.8, 4) is 18.1 Å². The molecule has 0 aliphatic carbocycles. The molecule has 62 valence electrons. The quantitative estimate of drug-likeness (QED) is 0.519. The predicted octanol–water partition coefficient (Wildman–Crippen LogP) is 2.42. The molecule has 0 spiro atoms. The third-order valence-corrected chi connectivity index (χ3v) is 2.26. The fourth-order valence-corrected chi connectivity index (χ4v) is 1.44. The number of thioether (sulfide) groups is 1. The van der Waals surface area contributed by atoms with Crippen LogP contribution < -0.4 is 4.74 Å². The van der Waals surface area contributed by atoms with Gasteiger partial charge in [0.25, 0.3) is 0 Å². The van der Waals surface area contributed by atoms with Crippen molar-refractivity contribution in [2.24, 2.45) is 0 Å². The van der Waals surface area contributed by atoms with Crippen LogP contribution in [-0.2, 0) is 0 Å². The Morgan fingerprint density at radius 1 is 1.58 bits per heavy atom. The van der Waals surface area contributed by atoms with Gasteiger partial charge in [0.15, 0.2) is 0 Å². The second kappa shape index (κ2) is 4.74. The lowest BCUT2D eigenvalue weighted by molar-refractivity contribution is 0.413. The molecule has 0 fully saturated rings. The van der Waals surface area contributed by atoms with Crippen molar-refractivity contribution in [3.05, 3.63) is 24.3 Å². The van der Waals surface area contributed by atoms with Gasteiger partial charge >= 0.3 is 0 Å². The average Bonchev–Trinajstić information content (AvgIpc) is 2.15. The van der Waals surface area contributed by atoms with Crippen molar-refractivity contribution in [2.75, 3.05) is 12.9 Å². The Morgan fingerprint density at radius 2 is 2.42 bits per heavy atom. The molecule has 0 amide bonds. The zero-order valence-electron chi connectivity index (χ0n) is 6.91. The molecule has 0 radical (unpaired) electrons. The standard InChI is InChI=1S/C10H10OS/c1-3-7-12-10-6-4-5-9(8-10)11-2/h1,4-6,8H,7H2,2H3. The molecule has 0 unspecified atom stereocenters. The van der Waals surface area contributed by atoms with Crippen LogP contribution in [0.5, 0.6) is 5.75 Å². The zero-order chi connectivity index (χ0) is 8.81. The van der Waals surface area contributed by atoms with Gasteiger partial charge in [-0.1, -0.05) is 12.0 Å². The molecule has 1 rings (SSSR count). The second-order valence-electron chi connectivity index (χ2n) is 2.17. The van der Waals surface area contributed by atoms with E-state index in [9.17, 15) is 0 Å². The van der Waals surface area contributed by atoms with E-state index in [4.69, 9.17) is 11.2 Å². The first kappa shape index (κ1) is 9.02. The van der Waals surface area contributed by atoms with Crippen LogP contribution in [0, 0.1) is 12.3 Å². The molecule has 0 aromatic heterocycles. The van der Waals surface area contributed by atoms with Crippen LogP contribution in [0.25, 0.3) is 0 Å². The molecule has 0 N–H and O–H groups in total. The number of hydrogen-bond donors (Lipinski definition) is 0. The second-order valence-corrected chi connectivity index (χ2v) is 3.22. The molecule has 2 heteroatoms. The van der Waals surface area contributed by atoms with Gasteiger partial charge in [-0.15, -0.1) is 18.2 Å². The summed E-state index contributed by atoms with van der Waals surface area (Å²) in [6, 6.07) is 7.87. The van der Waals surface area contributed by atoms with Crippen LogP contribution >= 0.6 is 11.8 Å². The summed E-state index contributed by atoms with van der Waals surface area (Å²) in [5, 5.41) is 0. The summed E-state index contributed by atoms with van der Waals surface area (Å²) in [5.74, 6) is 4.15. The van der Waals surface area contributed by atoms with Gasteiger partial charge in [0.1, 0.15) is 5.75 Å². The third-order valence-electron chi connectivity index (χ3n) is 1.36. The minimum atomic E-state index is 0.702. The van der Waals surface area contributed by atoms with Crippen molar-refractivity contribution in [1.29, 1.82) is 0 Å². The Kier molecular flexibility index (Phi) is 3.56. The summed E-state index contributed by atoms with van der Waals surface area (Å²) in [5.41, 5.74) is 0. The fourth-order valence-electron chi connectivity index (χ4n) is 0.816. The highest BCUT2D eigenvalue weighted by molar-refractivity contribution is 7.99. The highest BCUT2D eigenvalue weighted by Gasteiger charge is 1.94. The maximum atomic E-state index is 5.14. The summed E-state index contributed by atoms with van der Waals surface area (Å²) >= 11 is 1.63. The van der Waals surface area contributed by atoms with E-state index in [1.54, 1.807) is 18.9 Å². The van der Waals surface area contributed by atoms with Crippen LogP contribution in [0.2, 0.25) is 0 Å². The van der Waals surface area contributed by atoms with Gasteiger partial charge in [-0.3, -0.25) is 0 Å². The lowest BCUT2D eigenvalue weighted by Crippen LogP contribution is -1.82. The number of hydrogen-bond acceptors (Lipinski definition) is 2. The lowest BCUT2D eigenvalue weighted by Gasteiger charge is -2.01. The molecule has 1 aromatic rings. The Balaban J connectivity index is 2.67. The van der Waals surface area contributed by atoms with Gasteiger partial charge < -0.3 is 4.74 Å². The third kappa shape index (κ3) is 2.52. The molecular weight excluding hydrogens is 168 g/mol. The number of terminal acetylenes is 1. The Bertz CT molecular complexity index is 288. The molecule has 0 saturated carbocycles. The molecular formula is C10H10OS. The van der Waals surface area contributed by atoms with E-state index >= 15 is 0 Å². The molecule has 12 heavy (non-hydrogen) atoms. The van der Waals surface area contributed by atoms with Gasteiger partial charge in [-0.05, 0) is 18.2 Å². The molecule has 1 aromatic carbocycles. The Labute approximate surface area is 77.1 Å². The summed E-state index contributed by atoms with van der Waals surface area (Å²) in [4.78, 5) is 1.15. The van der Waals surface area contributed by atoms with Crippen LogP contribution in [-0.4, -0.2) is 12.9 Å². The van der Waals surface area contributed by atoms with E-state index in [1.807, 2.05) is 24.3 Å². The first-order chi connectivity index (χ1) is 5.86. The van der Waals surface area contributed by atoms with Gasteiger partial charge in [0, 0.05) is 4.90 Å². The topological polar surface area (TPSA) is 9.23 Å². The smallest absolute Gasteiger partial charge is 0.119 e. The van der Waals surface area contributed by atoms with Gasteiger partial charge in [-0.2, -0.15) is 0 Å². The summed E-state index contributed by atoms with van der Waals surface area (Å²) in [6.07, 6.45) is 5.14. The fraction of sp³-hybridized carbons (Fsp3) is 0.200. The number of methoxy groups -OCH3 is 1. The Morgan fingerprint density at radius 3 is 3.08 bits per heavy atom. The van der Waals surface area contributed by atoms with Gasteiger partial charge in [0.05, 0.1) is 12.9 Å². The highest BCUT2D eigenvalue weighted by atomic mass is 32.2. The minimum Gasteiger partial charge on any atom is -0.497 e. The molecule has 1 nitrogen and oxygen atoms in total. The van der Waals surface area contributed by atoms with Crippen LogP contribution in [0.3, 0.4) is 0 Å². The molecule has 0 atom stereocenters.